The van der Waals surface area contributed by atoms with E-state index in [4.69, 9.17) is 4.74 Å². The first-order valence-corrected chi connectivity index (χ1v) is 8.11. The summed E-state index contributed by atoms with van der Waals surface area (Å²) in [4.78, 5) is 15.7. The standard InChI is InChI=1S/C15H27N5O/c1-4-11-21-15-18-13(16-3)17-14(19-15)20-10-8-6-7-9-12(20)5-2/h12H,4-11H2,1-3H3,(H,16,17,18,19). The maximum Gasteiger partial charge on any atom is 0.323 e. The van der Waals surface area contributed by atoms with Crippen LogP contribution in [0.4, 0.5) is 11.9 Å². The quantitative estimate of drug-likeness (QED) is 0.870. The van der Waals surface area contributed by atoms with Gasteiger partial charge in [-0.25, -0.2) is 0 Å². The average molecular weight is 293 g/mol. The summed E-state index contributed by atoms with van der Waals surface area (Å²) in [5.41, 5.74) is 0. The van der Waals surface area contributed by atoms with E-state index < -0.39 is 0 Å². The minimum atomic E-state index is 0.422. The third-order valence-corrected chi connectivity index (χ3v) is 3.87. The zero-order chi connectivity index (χ0) is 15.1. The van der Waals surface area contributed by atoms with E-state index in [1.165, 1.54) is 25.7 Å². The Morgan fingerprint density at radius 2 is 2.05 bits per heavy atom. The summed E-state index contributed by atoms with van der Waals surface area (Å²) >= 11 is 0. The van der Waals surface area contributed by atoms with E-state index in [9.17, 15) is 0 Å². The van der Waals surface area contributed by atoms with Crippen molar-refractivity contribution in [3.8, 4) is 6.01 Å². The Balaban J connectivity index is 2.26. The van der Waals surface area contributed by atoms with E-state index in [2.05, 4.69) is 39.0 Å². The highest BCUT2D eigenvalue weighted by molar-refractivity contribution is 5.39. The molecule has 1 saturated heterocycles. The fourth-order valence-electron chi connectivity index (χ4n) is 2.71. The van der Waals surface area contributed by atoms with Crippen molar-refractivity contribution >= 4 is 11.9 Å². The van der Waals surface area contributed by atoms with Crippen molar-refractivity contribution in [3.05, 3.63) is 0 Å². The summed E-state index contributed by atoms with van der Waals surface area (Å²) in [7, 11) is 1.82. The van der Waals surface area contributed by atoms with E-state index in [1.54, 1.807) is 0 Å². The molecular formula is C15H27N5O. The largest absolute Gasteiger partial charge is 0.463 e. The number of hydrogen-bond donors (Lipinski definition) is 1. The summed E-state index contributed by atoms with van der Waals surface area (Å²) in [5, 5.41) is 3.00. The van der Waals surface area contributed by atoms with Crippen LogP contribution in [0.15, 0.2) is 0 Å². The lowest BCUT2D eigenvalue weighted by molar-refractivity contribution is 0.291. The maximum absolute atomic E-state index is 5.60. The molecule has 21 heavy (non-hydrogen) atoms. The van der Waals surface area contributed by atoms with Crippen molar-refractivity contribution in [2.45, 2.75) is 58.4 Å². The van der Waals surface area contributed by atoms with Gasteiger partial charge in [-0.2, -0.15) is 15.0 Å². The lowest BCUT2D eigenvalue weighted by Crippen LogP contribution is -2.36. The molecule has 0 spiro atoms. The van der Waals surface area contributed by atoms with Crippen LogP contribution in [-0.2, 0) is 0 Å². The highest BCUT2D eigenvalue weighted by Gasteiger charge is 2.23. The first kappa shape index (κ1) is 15.8. The van der Waals surface area contributed by atoms with Gasteiger partial charge in [0, 0.05) is 19.6 Å². The van der Waals surface area contributed by atoms with Gasteiger partial charge >= 0.3 is 6.01 Å². The van der Waals surface area contributed by atoms with Gasteiger partial charge in [0.15, 0.2) is 0 Å². The molecule has 0 radical (unpaired) electrons. The van der Waals surface area contributed by atoms with Gasteiger partial charge in [0.05, 0.1) is 6.61 Å². The molecule has 0 aromatic carbocycles. The van der Waals surface area contributed by atoms with Gasteiger partial charge in [0.2, 0.25) is 11.9 Å². The molecule has 1 N–H and O–H groups in total. The minimum absolute atomic E-state index is 0.422. The predicted octanol–water partition coefficient (Wildman–Crippen LogP) is 2.86. The van der Waals surface area contributed by atoms with Gasteiger partial charge in [-0.15, -0.1) is 0 Å². The fourth-order valence-corrected chi connectivity index (χ4v) is 2.71. The number of aromatic nitrogens is 3. The maximum atomic E-state index is 5.60. The monoisotopic (exact) mass is 293 g/mol. The summed E-state index contributed by atoms with van der Waals surface area (Å²) in [6.07, 6.45) is 7.04. The average Bonchev–Trinajstić information content (AvgIpc) is 2.77. The molecule has 0 aliphatic carbocycles. The van der Waals surface area contributed by atoms with Gasteiger partial charge in [-0.1, -0.05) is 26.7 Å². The molecular weight excluding hydrogens is 266 g/mol. The van der Waals surface area contributed by atoms with Gasteiger partial charge in [-0.05, 0) is 25.7 Å². The number of hydrogen-bond acceptors (Lipinski definition) is 6. The fraction of sp³-hybridized carbons (Fsp3) is 0.800. The third-order valence-electron chi connectivity index (χ3n) is 3.87. The Morgan fingerprint density at radius 1 is 1.19 bits per heavy atom. The number of nitrogens with zero attached hydrogens (tertiary/aromatic N) is 4. The van der Waals surface area contributed by atoms with Crippen molar-refractivity contribution in [1.29, 1.82) is 0 Å². The summed E-state index contributed by atoms with van der Waals surface area (Å²) in [6, 6.07) is 0.934. The Bertz CT molecular complexity index is 440. The normalized spacial score (nSPS) is 19.2. The van der Waals surface area contributed by atoms with E-state index in [0.29, 0.717) is 24.6 Å². The van der Waals surface area contributed by atoms with E-state index >= 15 is 0 Å². The van der Waals surface area contributed by atoms with Gasteiger partial charge in [0.25, 0.3) is 0 Å². The first-order valence-electron chi connectivity index (χ1n) is 8.11. The molecule has 6 nitrogen and oxygen atoms in total. The molecule has 1 aromatic heterocycles. The summed E-state index contributed by atoms with van der Waals surface area (Å²) in [5.74, 6) is 1.32. The van der Waals surface area contributed by atoms with Crippen molar-refractivity contribution in [3.63, 3.8) is 0 Å². The Hall–Kier alpha value is -1.59. The van der Waals surface area contributed by atoms with Crippen LogP contribution in [0.3, 0.4) is 0 Å². The second-order valence-electron chi connectivity index (χ2n) is 5.44. The number of rotatable bonds is 6. The van der Waals surface area contributed by atoms with Crippen molar-refractivity contribution in [2.24, 2.45) is 0 Å². The Labute approximate surface area is 127 Å². The van der Waals surface area contributed by atoms with Crippen LogP contribution in [0.2, 0.25) is 0 Å². The first-order chi connectivity index (χ1) is 10.3. The SMILES string of the molecule is CCCOc1nc(NC)nc(N2CCCCCC2CC)n1. The van der Waals surface area contributed by atoms with Crippen LogP contribution in [0.25, 0.3) is 0 Å². The van der Waals surface area contributed by atoms with Gasteiger partial charge in [-0.3, -0.25) is 0 Å². The molecule has 2 rings (SSSR count). The molecule has 0 bridgehead atoms. The zero-order valence-electron chi connectivity index (χ0n) is 13.4. The van der Waals surface area contributed by atoms with Crippen molar-refractivity contribution in [1.82, 2.24) is 15.0 Å². The molecule has 1 aromatic rings. The highest BCUT2D eigenvalue weighted by atomic mass is 16.5. The molecule has 0 amide bonds. The molecule has 118 valence electrons. The molecule has 1 aliphatic heterocycles. The molecule has 0 saturated carbocycles. The number of anilines is 2. The summed E-state index contributed by atoms with van der Waals surface area (Å²) < 4.78 is 5.60. The van der Waals surface area contributed by atoms with Crippen LogP contribution < -0.4 is 15.0 Å². The lowest BCUT2D eigenvalue weighted by Gasteiger charge is -2.29. The smallest absolute Gasteiger partial charge is 0.323 e. The van der Waals surface area contributed by atoms with Crippen LogP contribution in [0, 0.1) is 0 Å². The van der Waals surface area contributed by atoms with Crippen LogP contribution in [0.5, 0.6) is 6.01 Å². The highest BCUT2D eigenvalue weighted by Crippen LogP contribution is 2.25. The Kier molecular flexibility index (Phi) is 6.02. The van der Waals surface area contributed by atoms with Crippen molar-refractivity contribution in [2.75, 3.05) is 30.4 Å². The van der Waals surface area contributed by atoms with E-state index in [0.717, 1.165) is 25.3 Å². The van der Waals surface area contributed by atoms with Crippen molar-refractivity contribution < 1.29 is 4.74 Å². The van der Waals surface area contributed by atoms with Gasteiger partial charge < -0.3 is 15.0 Å². The summed E-state index contributed by atoms with van der Waals surface area (Å²) in [6.45, 7) is 5.95. The van der Waals surface area contributed by atoms with E-state index in [-0.39, 0.29) is 0 Å². The number of ether oxygens (including phenoxy) is 1. The van der Waals surface area contributed by atoms with Gasteiger partial charge in [0.1, 0.15) is 0 Å². The predicted molar refractivity (Wildman–Crippen MR) is 85.1 cm³/mol. The second kappa shape index (κ2) is 8.00. The minimum Gasteiger partial charge on any atom is -0.463 e. The molecule has 1 aliphatic rings. The topological polar surface area (TPSA) is 63.2 Å². The molecule has 1 atom stereocenters. The third kappa shape index (κ3) is 4.19. The molecule has 2 heterocycles. The molecule has 1 unspecified atom stereocenters. The number of nitrogens with one attached hydrogen (secondary N) is 1. The van der Waals surface area contributed by atoms with Crippen LogP contribution in [0.1, 0.15) is 52.4 Å². The molecule has 6 heteroatoms. The van der Waals surface area contributed by atoms with Crippen LogP contribution in [-0.4, -0.2) is 41.2 Å². The lowest BCUT2D eigenvalue weighted by atomic mass is 10.1. The van der Waals surface area contributed by atoms with E-state index in [1.807, 2.05) is 7.05 Å². The zero-order valence-corrected chi connectivity index (χ0v) is 13.4. The Morgan fingerprint density at radius 3 is 2.76 bits per heavy atom. The molecule has 1 fully saturated rings. The second-order valence-corrected chi connectivity index (χ2v) is 5.44. The van der Waals surface area contributed by atoms with Crippen LogP contribution >= 0.6 is 0 Å².